The van der Waals surface area contributed by atoms with Crippen LogP contribution >= 0.6 is 15.9 Å². The quantitative estimate of drug-likeness (QED) is 0.860. The number of halogens is 2. The molecule has 22 heavy (non-hydrogen) atoms. The molecule has 0 unspecified atom stereocenters. The number of carboxylic acid groups (broad SMARTS) is 1. The van der Waals surface area contributed by atoms with Gasteiger partial charge in [0.1, 0.15) is 6.61 Å². The Morgan fingerprint density at radius 3 is 2.50 bits per heavy atom. The summed E-state index contributed by atoms with van der Waals surface area (Å²) in [6, 6.07) is 12.4. The summed E-state index contributed by atoms with van der Waals surface area (Å²) < 4.78 is 20.3. The zero-order valence-electron chi connectivity index (χ0n) is 11.7. The van der Waals surface area contributed by atoms with Gasteiger partial charge in [-0.2, -0.15) is 0 Å². The summed E-state index contributed by atoms with van der Waals surface area (Å²) in [5.41, 5.74) is 0.486. The van der Waals surface area contributed by atoms with E-state index in [4.69, 9.17) is 4.74 Å². The molecule has 3 nitrogen and oxygen atoms in total. The lowest BCUT2D eigenvalue weighted by Crippen LogP contribution is -2.19. The maximum atomic E-state index is 14.3. The molecule has 5 heteroatoms. The van der Waals surface area contributed by atoms with Crippen LogP contribution in [0.25, 0.3) is 0 Å². The van der Waals surface area contributed by atoms with Crippen LogP contribution in [0.4, 0.5) is 4.39 Å². The number of rotatable bonds is 5. The smallest absolute Gasteiger partial charge is 0.314 e. The van der Waals surface area contributed by atoms with E-state index in [0.29, 0.717) is 22.9 Å². The fourth-order valence-corrected chi connectivity index (χ4v) is 3.01. The predicted octanol–water partition coefficient (Wildman–Crippen LogP) is 4.28. The van der Waals surface area contributed by atoms with Crippen molar-refractivity contribution in [2.75, 3.05) is 0 Å². The Hall–Kier alpha value is -1.88. The third-order valence-electron chi connectivity index (χ3n) is 3.94. The van der Waals surface area contributed by atoms with Crippen molar-refractivity contribution in [1.82, 2.24) is 0 Å². The summed E-state index contributed by atoms with van der Waals surface area (Å²) in [6.45, 7) is 0.250. The average molecular weight is 365 g/mol. The number of carboxylic acids is 1. The zero-order valence-corrected chi connectivity index (χ0v) is 13.3. The van der Waals surface area contributed by atoms with E-state index in [1.54, 1.807) is 6.07 Å². The molecule has 114 valence electrons. The molecule has 0 spiro atoms. The Kier molecular flexibility index (Phi) is 3.91. The van der Waals surface area contributed by atoms with Crippen molar-refractivity contribution < 1.29 is 19.0 Å². The molecule has 0 atom stereocenters. The summed E-state index contributed by atoms with van der Waals surface area (Å²) in [6.07, 6.45) is 1.08. The number of ether oxygens (including phenoxy) is 1. The topological polar surface area (TPSA) is 46.5 Å². The Morgan fingerprint density at radius 1 is 1.27 bits per heavy atom. The Morgan fingerprint density at radius 2 is 1.95 bits per heavy atom. The van der Waals surface area contributed by atoms with Gasteiger partial charge in [0.05, 0.1) is 9.89 Å². The number of hydrogen-bond acceptors (Lipinski definition) is 2. The van der Waals surface area contributed by atoms with E-state index in [0.717, 1.165) is 5.56 Å². The third kappa shape index (κ3) is 2.73. The van der Waals surface area contributed by atoms with Crippen LogP contribution in [0.1, 0.15) is 24.0 Å². The first-order valence-electron chi connectivity index (χ1n) is 6.92. The van der Waals surface area contributed by atoms with E-state index < -0.39 is 17.2 Å². The zero-order chi connectivity index (χ0) is 15.7. The van der Waals surface area contributed by atoms with E-state index in [1.807, 2.05) is 30.3 Å². The molecule has 1 fully saturated rings. The molecular formula is C17H14BrFO3. The monoisotopic (exact) mass is 364 g/mol. The van der Waals surface area contributed by atoms with Crippen molar-refractivity contribution in [3.8, 4) is 5.75 Å². The predicted molar refractivity (Wildman–Crippen MR) is 83.4 cm³/mol. The second-order valence-electron chi connectivity index (χ2n) is 5.43. The van der Waals surface area contributed by atoms with Crippen LogP contribution in [0, 0.1) is 5.82 Å². The highest BCUT2D eigenvalue weighted by molar-refractivity contribution is 9.10. The van der Waals surface area contributed by atoms with E-state index >= 15 is 0 Å². The van der Waals surface area contributed by atoms with Gasteiger partial charge in [-0.05, 0) is 52.0 Å². The summed E-state index contributed by atoms with van der Waals surface area (Å²) in [4.78, 5) is 11.3. The molecule has 2 aromatic carbocycles. The maximum Gasteiger partial charge on any atom is 0.314 e. The van der Waals surface area contributed by atoms with E-state index in [2.05, 4.69) is 15.9 Å². The molecule has 1 aliphatic rings. The fourth-order valence-electron chi connectivity index (χ4n) is 2.45. The minimum absolute atomic E-state index is 0.105. The number of aliphatic carboxylic acids is 1. The van der Waals surface area contributed by atoms with Crippen molar-refractivity contribution in [1.29, 1.82) is 0 Å². The molecule has 0 aliphatic heterocycles. The van der Waals surface area contributed by atoms with Crippen LogP contribution in [0.5, 0.6) is 5.75 Å². The molecule has 2 aromatic rings. The lowest BCUT2D eigenvalue weighted by molar-refractivity contribution is -0.140. The van der Waals surface area contributed by atoms with Gasteiger partial charge in [-0.1, -0.05) is 30.3 Å². The number of hydrogen-bond donors (Lipinski definition) is 1. The molecule has 3 rings (SSSR count). The van der Waals surface area contributed by atoms with E-state index in [9.17, 15) is 14.3 Å². The minimum atomic E-state index is -0.929. The average Bonchev–Trinajstić information content (AvgIpc) is 3.29. The highest BCUT2D eigenvalue weighted by Gasteiger charge is 2.52. The Balaban J connectivity index is 1.83. The van der Waals surface area contributed by atoms with Crippen molar-refractivity contribution >= 4 is 21.9 Å². The Labute approximate surface area is 135 Å². The molecule has 1 saturated carbocycles. The molecular weight excluding hydrogens is 351 g/mol. The molecule has 0 saturated heterocycles. The van der Waals surface area contributed by atoms with Crippen molar-refractivity contribution in [3.05, 3.63) is 63.9 Å². The largest absolute Gasteiger partial charge is 0.485 e. The Bertz CT molecular complexity index is 688. The molecule has 1 aliphatic carbocycles. The SMILES string of the molecule is O=C(O)C1(c2cc(F)c(OCc3ccccc3)c(Br)c2)CC1. The van der Waals surface area contributed by atoms with Gasteiger partial charge in [-0.15, -0.1) is 0 Å². The van der Waals surface area contributed by atoms with Gasteiger partial charge in [-0.25, -0.2) is 4.39 Å². The van der Waals surface area contributed by atoms with Gasteiger partial charge in [0, 0.05) is 0 Å². The molecule has 0 bridgehead atoms. The van der Waals surface area contributed by atoms with Gasteiger partial charge in [0.2, 0.25) is 0 Å². The molecule has 0 heterocycles. The lowest BCUT2D eigenvalue weighted by Gasteiger charge is -2.14. The van der Waals surface area contributed by atoms with Gasteiger partial charge in [0.25, 0.3) is 0 Å². The van der Waals surface area contributed by atoms with Crippen LogP contribution in [0.15, 0.2) is 46.9 Å². The second-order valence-corrected chi connectivity index (χ2v) is 6.28. The van der Waals surface area contributed by atoms with Crippen LogP contribution < -0.4 is 4.74 Å². The summed E-state index contributed by atoms with van der Waals surface area (Å²) >= 11 is 3.28. The van der Waals surface area contributed by atoms with Crippen LogP contribution in [-0.2, 0) is 16.8 Å². The van der Waals surface area contributed by atoms with E-state index in [-0.39, 0.29) is 12.4 Å². The molecule has 0 amide bonds. The molecule has 0 aromatic heterocycles. The van der Waals surface area contributed by atoms with Gasteiger partial charge >= 0.3 is 5.97 Å². The fraction of sp³-hybridized carbons (Fsp3) is 0.235. The lowest BCUT2D eigenvalue weighted by atomic mass is 9.96. The summed E-state index contributed by atoms with van der Waals surface area (Å²) in [5.74, 6) is -1.35. The minimum Gasteiger partial charge on any atom is -0.485 e. The molecule has 0 radical (unpaired) electrons. The third-order valence-corrected chi connectivity index (χ3v) is 4.53. The first kappa shape index (κ1) is 15.0. The normalized spacial score (nSPS) is 15.4. The first-order valence-corrected chi connectivity index (χ1v) is 7.72. The summed E-state index contributed by atoms with van der Waals surface area (Å²) in [5, 5.41) is 9.29. The van der Waals surface area contributed by atoms with Gasteiger partial charge in [0.15, 0.2) is 11.6 Å². The second kappa shape index (κ2) is 5.72. The first-order chi connectivity index (χ1) is 10.5. The van der Waals surface area contributed by atoms with Gasteiger partial charge in [-0.3, -0.25) is 4.79 Å². The molecule has 1 N–H and O–H groups in total. The van der Waals surface area contributed by atoms with Crippen LogP contribution in [-0.4, -0.2) is 11.1 Å². The summed E-state index contributed by atoms with van der Waals surface area (Å²) in [7, 11) is 0. The number of carbonyl (C=O) groups is 1. The van der Waals surface area contributed by atoms with E-state index in [1.165, 1.54) is 6.07 Å². The van der Waals surface area contributed by atoms with Crippen molar-refractivity contribution in [3.63, 3.8) is 0 Å². The standard InChI is InChI=1S/C17H14BrFO3/c18-13-8-12(17(6-7-17)16(20)21)9-14(19)15(13)22-10-11-4-2-1-3-5-11/h1-5,8-9H,6-7,10H2,(H,20,21). The highest BCUT2D eigenvalue weighted by Crippen LogP contribution is 2.50. The van der Waals surface area contributed by atoms with Crippen molar-refractivity contribution in [2.45, 2.75) is 24.9 Å². The number of benzene rings is 2. The highest BCUT2D eigenvalue weighted by atomic mass is 79.9. The van der Waals surface area contributed by atoms with Crippen molar-refractivity contribution in [2.24, 2.45) is 0 Å². The van der Waals surface area contributed by atoms with Gasteiger partial charge < -0.3 is 9.84 Å². The van der Waals surface area contributed by atoms with Crippen LogP contribution in [0.2, 0.25) is 0 Å². The van der Waals surface area contributed by atoms with Crippen LogP contribution in [0.3, 0.4) is 0 Å². The maximum absolute atomic E-state index is 14.3.